The molecular weight excluding hydrogens is 296 g/mol. The number of imidazole rings is 1. The first-order chi connectivity index (χ1) is 11.2. The largest absolute Gasteiger partial charge is 0.323 e. The number of carbonyl (C=O) groups is 1. The summed E-state index contributed by atoms with van der Waals surface area (Å²) in [5.74, 6) is -0.106. The predicted octanol–water partition coefficient (Wildman–Crippen LogP) is 1.22. The summed E-state index contributed by atoms with van der Waals surface area (Å²) >= 11 is 0. The predicted molar refractivity (Wildman–Crippen MR) is 83.3 cm³/mol. The Balaban J connectivity index is 1.82. The molecule has 0 bridgehead atoms. The van der Waals surface area contributed by atoms with Gasteiger partial charge >= 0.3 is 0 Å². The summed E-state index contributed by atoms with van der Waals surface area (Å²) in [6.45, 7) is 0. The average molecular weight is 306 g/mol. The van der Waals surface area contributed by atoms with Crippen molar-refractivity contribution < 1.29 is 4.79 Å². The maximum Gasteiger partial charge on any atom is 0.283 e. The van der Waals surface area contributed by atoms with E-state index in [-0.39, 0.29) is 16.9 Å². The van der Waals surface area contributed by atoms with Gasteiger partial charge in [0, 0.05) is 12.4 Å². The van der Waals surface area contributed by atoms with E-state index < -0.39 is 5.91 Å². The number of carbonyl (C=O) groups excluding carboxylic acids is 1. The molecule has 2 N–H and O–H groups in total. The van der Waals surface area contributed by atoms with E-state index in [1.54, 1.807) is 6.07 Å². The standard InChI is InChI=1S/C15H10N6O2/c22-13(10-7-16-5-6-17-10)19-11-8-18-15-20-9-3-1-2-4-12(9)21(15)14(11)23/h1-8H,(H,18,20)(H,19,22). The lowest BCUT2D eigenvalue weighted by atomic mass is 10.3. The number of hydrogen-bond acceptors (Lipinski definition) is 5. The molecule has 0 spiro atoms. The number of fused-ring (bicyclic) bond motifs is 3. The minimum atomic E-state index is -0.517. The van der Waals surface area contributed by atoms with Crippen LogP contribution in [0.1, 0.15) is 10.5 Å². The van der Waals surface area contributed by atoms with Crippen LogP contribution < -0.4 is 10.9 Å². The van der Waals surface area contributed by atoms with Crippen molar-refractivity contribution in [3.63, 3.8) is 0 Å². The summed E-state index contributed by atoms with van der Waals surface area (Å²) in [6, 6.07) is 7.34. The van der Waals surface area contributed by atoms with Crippen molar-refractivity contribution in [1.29, 1.82) is 0 Å². The molecule has 0 aliphatic heterocycles. The van der Waals surface area contributed by atoms with Gasteiger partial charge in [-0.1, -0.05) is 12.1 Å². The van der Waals surface area contributed by atoms with Gasteiger partial charge in [0.2, 0.25) is 5.78 Å². The van der Waals surface area contributed by atoms with Crippen molar-refractivity contribution in [2.24, 2.45) is 0 Å². The number of nitrogens with zero attached hydrogens (tertiary/aromatic N) is 4. The Bertz CT molecular complexity index is 1080. The van der Waals surface area contributed by atoms with Crippen molar-refractivity contribution >= 4 is 28.4 Å². The smallest absolute Gasteiger partial charge is 0.283 e. The van der Waals surface area contributed by atoms with Crippen LogP contribution in [0.15, 0.2) is 53.8 Å². The summed E-state index contributed by atoms with van der Waals surface area (Å²) < 4.78 is 1.42. The van der Waals surface area contributed by atoms with Gasteiger partial charge in [0.05, 0.1) is 23.4 Å². The van der Waals surface area contributed by atoms with Gasteiger partial charge in [-0.2, -0.15) is 0 Å². The average Bonchev–Trinajstić information content (AvgIpc) is 2.97. The normalized spacial score (nSPS) is 11.0. The Morgan fingerprint density at radius 3 is 2.83 bits per heavy atom. The Morgan fingerprint density at radius 2 is 2.00 bits per heavy atom. The molecule has 0 saturated carbocycles. The first-order valence-corrected chi connectivity index (χ1v) is 6.80. The molecule has 8 heteroatoms. The van der Waals surface area contributed by atoms with E-state index in [2.05, 4.69) is 25.3 Å². The van der Waals surface area contributed by atoms with E-state index in [1.165, 1.54) is 29.2 Å². The van der Waals surface area contributed by atoms with Crippen LogP contribution in [0.4, 0.5) is 5.69 Å². The number of aromatic amines is 1. The second-order valence-electron chi connectivity index (χ2n) is 4.82. The second-order valence-corrected chi connectivity index (χ2v) is 4.82. The first kappa shape index (κ1) is 13.1. The molecule has 112 valence electrons. The van der Waals surface area contributed by atoms with Crippen LogP contribution in [-0.2, 0) is 0 Å². The van der Waals surface area contributed by atoms with Gasteiger partial charge in [-0.3, -0.25) is 14.6 Å². The highest BCUT2D eigenvalue weighted by molar-refractivity contribution is 6.02. The summed E-state index contributed by atoms with van der Waals surface area (Å²) in [6.07, 6.45) is 5.51. The highest BCUT2D eigenvalue weighted by Gasteiger charge is 2.14. The van der Waals surface area contributed by atoms with Crippen LogP contribution in [-0.4, -0.2) is 30.2 Å². The Labute approximate surface area is 128 Å². The van der Waals surface area contributed by atoms with Gasteiger partial charge in [-0.15, -0.1) is 0 Å². The number of hydrogen-bond donors (Lipinski definition) is 2. The number of benzene rings is 1. The Morgan fingerprint density at radius 1 is 1.13 bits per heavy atom. The number of amides is 1. The lowest BCUT2D eigenvalue weighted by molar-refractivity contribution is 0.102. The van der Waals surface area contributed by atoms with E-state index in [0.717, 1.165) is 5.52 Å². The zero-order chi connectivity index (χ0) is 15.8. The Hall–Kier alpha value is -3.55. The summed E-state index contributed by atoms with van der Waals surface area (Å²) in [5.41, 5.74) is 1.30. The maximum atomic E-state index is 12.6. The number of anilines is 1. The van der Waals surface area contributed by atoms with Crippen molar-refractivity contribution in [3.05, 3.63) is 65.1 Å². The van der Waals surface area contributed by atoms with Crippen LogP contribution in [0, 0.1) is 0 Å². The fourth-order valence-corrected chi connectivity index (χ4v) is 2.35. The van der Waals surface area contributed by atoms with Gasteiger partial charge in [0.1, 0.15) is 11.4 Å². The lowest BCUT2D eigenvalue weighted by Gasteiger charge is -2.03. The highest BCUT2D eigenvalue weighted by atomic mass is 16.2. The molecule has 0 aliphatic rings. The third-order valence-corrected chi connectivity index (χ3v) is 3.40. The molecule has 0 atom stereocenters. The number of aromatic nitrogens is 5. The van der Waals surface area contributed by atoms with Crippen LogP contribution in [0.25, 0.3) is 16.8 Å². The third kappa shape index (κ3) is 2.13. The van der Waals surface area contributed by atoms with Gasteiger partial charge in [0.15, 0.2) is 0 Å². The molecule has 1 amide bonds. The van der Waals surface area contributed by atoms with Crippen molar-refractivity contribution in [2.45, 2.75) is 0 Å². The molecule has 4 rings (SSSR count). The van der Waals surface area contributed by atoms with E-state index in [9.17, 15) is 9.59 Å². The quantitative estimate of drug-likeness (QED) is 0.579. The second kappa shape index (κ2) is 5.02. The molecule has 0 saturated heterocycles. The van der Waals surface area contributed by atoms with Gasteiger partial charge in [-0.25, -0.2) is 14.4 Å². The van der Waals surface area contributed by atoms with Crippen LogP contribution in [0.3, 0.4) is 0 Å². The molecule has 3 heterocycles. The summed E-state index contributed by atoms with van der Waals surface area (Å²) in [7, 11) is 0. The summed E-state index contributed by atoms with van der Waals surface area (Å²) in [4.78, 5) is 39.7. The molecule has 0 fully saturated rings. The topological polar surface area (TPSA) is 105 Å². The Kier molecular flexibility index (Phi) is 2.87. The van der Waals surface area contributed by atoms with E-state index in [4.69, 9.17) is 0 Å². The van der Waals surface area contributed by atoms with Crippen molar-refractivity contribution in [3.8, 4) is 0 Å². The lowest BCUT2D eigenvalue weighted by Crippen LogP contribution is -2.23. The number of rotatable bonds is 2. The van der Waals surface area contributed by atoms with Gasteiger partial charge in [0.25, 0.3) is 11.5 Å². The molecular formula is C15H10N6O2. The van der Waals surface area contributed by atoms with E-state index in [0.29, 0.717) is 11.3 Å². The molecule has 0 radical (unpaired) electrons. The molecule has 4 aromatic rings. The SMILES string of the molecule is O=C(Nc1cnc2[nH]c3ccccc3n2c1=O)c1cnccn1. The van der Waals surface area contributed by atoms with Crippen LogP contribution >= 0.6 is 0 Å². The monoisotopic (exact) mass is 306 g/mol. The highest BCUT2D eigenvalue weighted by Crippen LogP contribution is 2.14. The maximum absolute atomic E-state index is 12.6. The fourth-order valence-electron chi connectivity index (χ4n) is 2.35. The molecule has 1 aromatic carbocycles. The minimum absolute atomic E-state index is 0.0721. The van der Waals surface area contributed by atoms with Gasteiger partial charge in [-0.05, 0) is 12.1 Å². The van der Waals surface area contributed by atoms with Crippen molar-refractivity contribution in [2.75, 3.05) is 5.32 Å². The minimum Gasteiger partial charge on any atom is -0.323 e. The number of H-pyrrole nitrogens is 1. The first-order valence-electron chi connectivity index (χ1n) is 6.80. The van der Waals surface area contributed by atoms with Crippen LogP contribution in [0.5, 0.6) is 0 Å². The molecule has 23 heavy (non-hydrogen) atoms. The molecule has 0 aliphatic carbocycles. The zero-order valence-electron chi connectivity index (χ0n) is 11.7. The van der Waals surface area contributed by atoms with Crippen molar-refractivity contribution in [1.82, 2.24) is 24.3 Å². The molecule has 8 nitrogen and oxygen atoms in total. The third-order valence-electron chi connectivity index (χ3n) is 3.40. The zero-order valence-corrected chi connectivity index (χ0v) is 11.7. The molecule has 0 unspecified atom stereocenters. The fraction of sp³-hybridized carbons (Fsp3) is 0. The number of nitrogens with one attached hydrogen (secondary N) is 2. The number of para-hydroxylation sites is 2. The van der Waals surface area contributed by atoms with E-state index >= 15 is 0 Å². The molecule has 3 aromatic heterocycles. The summed E-state index contributed by atoms with van der Waals surface area (Å²) in [5, 5.41) is 2.52. The van der Waals surface area contributed by atoms with Crippen LogP contribution in [0.2, 0.25) is 0 Å². The van der Waals surface area contributed by atoms with E-state index in [1.807, 2.05) is 18.2 Å². The van der Waals surface area contributed by atoms with Gasteiger partial charge < -0.3 is 10.3 Å².